The number of nitrogens with zero attached hydrogens (tertiary/aromatic N) is 3. The lowest BCUT2D eigenvalue weighted by Gasteiger charge is -2.08. The number of rotatable bonds is 6. The molecule has 0 aliphatic rings. The van der Waals surface area contributed by atoms with Crippen LogP contribution in [-0.2, 0) is 0 Å². The van der Waals surface area contributed by atoms with E-state index >= 15 is 0 Å². The van der Waals surface area contributed by atoms with Crippen LogP contribution >= 0.6 is 34.7 Å². The number of anilines is 1. The van der Waals surface area contributed by atoms with E-state index in [1.54, 1.807) is 14.2 Å². The van der Waals surface area contributed by atoms with Crippen LogP contribution in [0.4, 0.5) is 5.95 Å². The minimum absolute atomic E-state index is 0.171. The number of hydrogen-bond acceptors (Lipinski definition) is 8. The van der Waals surface area contributed by atoms with Gasteiger partial charge < -0.3 is 9.47 Å². The average molecular weight is 448 g/mol. The Kier molecular flexibility index (Phi) is 5.56. The molecular weight excluding hydrogens is 434 g/mol. The van der Waals surface area contributed by atoms with Gasteiger partial charge in [-0.05, 0) is 40.8 Å². The van der Waals surface area contributed by atoms with E-state index in [2.05, 4.69) is 25.9 Å². The molecule has 0 radical (unpaired) electrons. The van der Waals surface area contributed by atoms with Crippen molar-refractivity contribution in [1.29, 1.82) is 0 Å². The molecule has 148 valence electrons. The highest BCUT2D eigenvalue weighted by Crippen LogP contribution is 2.45. The first-order valence-corrected chi connectivity index (χ1v) is 10.3. The molecule has 4 rings (SSSR count). The smallest absolute Gasteiger partial charge is 0.269 e. The zero-order valence-electron chi connectivity index (χ0n) is 15.2. The van der Waals surface area contributed by atoms with E-state index in [1.807, 2.05) is 36.4 Å². The Balaban J connectivity index is 1.83. The molecular formula is C18H14ClN5O3S2. The number of halogens is 1. The maximum atomic E-state index is 12.9. The minimum Gasteiger partial charge on any atom is -0.493 e. The molecule has 0 spiro atoms. The SMILES string of the molecule is COc1cc2sc(C(=O)Nc3nnn[nH]3)c(Sc3ccc(Cl)cc3)c2cc1OC. The Hall–Kier alpha value is -2.82. The molecule has 29 heavy (non-hydrogen) atoms. The van der Waals surface area contributed by atoms with E-state index in [1.165, 1.54) is 23.1 Å². The first-order valence-electron chi connectivity index (χ1n) is 8.26. The second kappa shape index (κ2) is 8.27. The van der Waals surface area contributed by atoms with Gasteiger partial charge in [0.25, 0.3) is 5.91 Å². The van der Waals surface area contributed by atoms with Crippen LogP contribution in [0.1, 0.15) is 9.67 Å². The van der Waals surface area contributed by atoms with Crippen LogP contribution in [0.2, 0.25) is 5.02 Å². The fourth-order valence-corrected chi connectivity index (χ4v) is 5.06. The third-order valence-corrected chi connectivity index (χ3v) is 6.63. The van der Waals surface area contributed by atoms with E-state index in [9.17, 15) is 4.79 Å². The number of carbonyl (C=O) groups excluding carboxylic acids is 1. The first-order chi connectivity index (χ1) is 14.1. The molecule has 0 atom stereocenters. The fraction of sp³-hybridized carbons (Fsp3) is 0.111. The van der Waals surface area contributed by atoms with Crippen molar-refractivity contribution < 1.29 is 14.3 Å². The topological polar surface area (TPSA) is 102 Å². The number of nitrogens with one attached hydrogen (secondary N) is 2. The van der Waals surface area contributed by atoms with Crippen LogP contribution in [0, 0.1) is 0 Å². The van der Waals surface area contributed by atoms with Gasteiger partial charge in [0.2, 0.25) is 5.95 Å². The van der Waals surface area contributed by atoms with E-state index < -0.39 is 0 Å². The van der Waals surface area contributed by atoms with Crippen molar-refractivity contribution in [1.82, 2.24) is 20.6 Å². The van der Waals surface area contributed by atoms with E-state index in [4.69, 9.17) is 21.1 Å². The van der Waals surface area contributed by atoms with Gasteiger partial charge >= 0.3 is 0 Å². The van der Waals surface area contributed by atoms with E-state index in [0.717, 1.165) is 19.9 Å². The maximum absolute atomic E-state index is 12.9. The number of carbonyl (C=O) groups is 1. The molecule has 0 aliphatic carbocycles. The first kappa shape index (κ1) is 19.5. The van der Waals surface area contributed by atoms with Gasteiger partial charge in [0.15, 0.2) is 11.5 Å². The van der Waals surface area contributed by atoms with Gasteiger partial charge in [0.05, 0.1) is 14.2 Å². The standard InChI is InChI=1S/C18H14ClN5O3S2/c1-26-12-7-11-14(8-13(12)27-2)29-16(17(25)20-18-21-23-24-22-18)15(11)28-10-5-3-9(19)4-6-10/h3-8H,1-2H3,(H2,20,21,22,23,24,25). The fourth-order valence-electron chi connectivity index (χ4n) is 2.65. The molecule has 0 bridgehead atoms. The zero-order valence-corrected chi connectivity index (χ0v) is 17.6. The van der Waals surface area contributed by atoms with Crippen LogP contribution in [0.5, 0.6) is 11.5 Å². The highest BCUT2D eigenvalue weighted by molar-refractivity contribution is 7.99. The Morgan fingerprint density at radius 3 is 2.55 bits per heavy atom. The van der Waals surface area contributed by atoms with Crippen LogP contribution in [0.15, 0.2) is 46.2 Å². The normalized spacial score (nSPS) is 10.9. The predicted octanol–water partition coefficient (Wildman–Crippen LogP) is 4.49. The molecule has 0 saturated heterocycles. The number of methoxy groups -OCH3 is 2. The van der Waals surface area contributed by atoms with Gasteiger partial charge in [-0.3, -0.25) is 10.1 Å². The number of aromatic nitrogens is 4. The van der Waals surface area contributed by atoms with Crippen LogP contribution in [0.25, 0.3) is 10.1 Å². The zero-order chi connectivity index (χ0) is 20.4. The van der Waals surface area contributed by atoms with Gasteiger partial charge in [-0.15, -0.1) is 11.3 Å². The summed E-state index contributed by atoms with van der Waals surface area (Å²) in [5, 5.41) is 17.4. The molecule has 0 aliphatic heterocycles. The van der Waals surface area contributed by atoms with Crippen molar-refractivity contribution in [3.63, 3.8) is 0 Å². The lowest BCUT2D eigenvalue weighted by Crippen LogP contribution is -2.12. The van der Waals surface area contributed by atoms with Gasteiger partial charge in [-0.2, -0.15) is 0 Å². The van der Waals surface area contributed by atoms with Crippen molar-refractivity contribution in [3.8, 4) is 11.5 Å². The molecule has 2 N–H and O–H groups in total. The number of tetrazole rings is 1. The third-order valence-electron chi connectivity index (χ3n) is 3.97. The van der Waals surface area contributed by atoms with Crippen LogP contribution < -0.4 is 14.8 Å². The number of benzene rings is 2. The lowest BCUT2D eigenvalue weighted by molar-refractivity contribution is 0.102. The molecule has 1 amide bonds. The summed E-state index contributed by atoms with van der Waals surface area (Å²) in [5.74, 6) is 1.03. The summed E-state index contributed by atoms with van der Waals surface area (Å²) in [6.45, 7) is 0. The number of hydrogen-bond donors (Lipinski definition) is 2. The van der Waals surface area contributed by atoms with Crippen molar-refractivity contribution >= 4 is 56.6 Å². The highest BCUT2D eigenvalue weighted by Gasteiger charge is 2.22. The Morgan fingerprint density at radius 1 is 1.17 bits per heavy atom. The molecule has 11 heteroatoms. The molecule has 2 heterocycles. The highest BCUT2D eigenvalue weighted by atomic mass is 35.5. The van der Waals surface area contributed by atoms with Crippen molar-refractivity contribution in [3.05, 3.63) is 46.3 Å². The minimum atomic E-state index is -0.320. The van der Waals surface area contributed by atoms with Crippen LogP contribution in [-0.4, -0.2) is 40.8 Å². The Bertz CT molecular complexity index is 1160. The summed E-state index contributed by atoms with van der Waals surface area (Å²) < 4.78 is 11.7. The van der Waals surface area contributed by atoms with E-state index in [0.29, 0.717) is 21.4 Å². The summed E-state index contributed by atoms with van der Waals surface area (Å²) in [6, 6.07) is 11.1. The van der Waals surface area contributed by atoms with Crippen molar-refractivity contribution in [2.45, 2.75) is 9.79 Å². The van der Waals surface area contributed by atoms with Crippen LogP contribution in [0.3, 0.4) is 0 Å². The number of fused-ring (bicyclic) bond motifs is 1. The van der Waals surface area contributed by atoms with Gasteiger partial charge in [-0.25, -0.2) is 5.10 Å². The van der Waals surface area contributed by atoms with Crippen molar-refractivity contribution in [2.24, 2.45) is 0 Å². The molecule has 4 aromatic rings. The van der Waals surface area contributed by atoms with Gasteiger partial charge in [0, 0.05) is 31.0 Å². The third kappa shape index (κ3) is 4.00. The summed E-state index contributed by atoms with van der Waals surface area (Å²) in [6.07, 6.45) is 0. The Labute approximate surface area is 178 Å². The molecule has 2 aromatic heterocycles. The number of aromatic amines is 1. The summed E-state index contributed by atoms with van der Waals surface area (Å²) in [7, 11) is 3.15. The predicted molar refractivity (Wildman–Crippen MR) is 113 cm³/mol. The maximum Gasteiger partial charge on any atom is 0.269 e. The number of H-pyrrole nitrogens is 1. The molecule has 0 unspecified atom stereocenters. The molecule has 0 fully saturated rings. The summed E-state index contributed by atoms with van der Waals surface area (Å²) in [5.41, 5.74) is 0. The second-order valence-electron chi connectivity index (χ2n) is 5.72. The average Bonchev–Trinajstić information content (AvgIpc) is 3.36. The Morgan fingerprint density at radius 2 is 1.90 bits per heavy atom. The molecule has 0 saturated carbocycles. The summed E-state index contributed by atoms with van der Waals surface area (Å²) >= 11 is 8.81. The number of amides is 1. The van der Waals surface area contributed by atoms with Crippen molar-refractivity contribution in [2.75, 3.05) is 19.5 Å². The molecule has 8 nitrogen and oxygen atoms in total. The number of thiophene rings is 1. The van der Waals surface area contributed by atoms with E-state index in [-0.39, 0.29) is 11.9 Å². The monoisotopic (exact) mass is 447 g/mol. The summed E-state index contributed by atoms with van der Waals surface area (Å²) in [4.78, 5) is 15.2. The van der Waals surface area contributed by atoms with Gasteiger partial charge in [0.1, 0.15) is 4.88 Å². The second-order valence-corrected chi connectivity index (χ2v) is 8.30. The van der Waals surface area contributed by atoms with Gasteiger partial charge in [-0.1, -0.05) is 28.5 Å². The number of ether oxygens (including phenoxy) is 2. The molecule has 2 aromatic carbocycles. The quantitative estimate of drug-likeness (QED) is 0.449. The largest absolute Gasteiger partial charge is 0.493 e. The lowest BCUT2D eigenvalue weighted by atomic mass is 10.2.